The number of carbonyl (C=O) groups excluding carboxylic acids is 2. The number of halogens is 2. The van der Waals surface area contributed by atoms with Gasteiger partial charge >= 0.3 is 0 Å². The second kappa shape index (κ2) is 7.77. The van der Waals surface area contributed by atoms with Gasteiger partial charge in [0.05, 0.1) is 28.3 Å². The molecule has 8 nitrogen and oxygen atoms in total. The minimum absolute atomic E-state index is 0.155. The molecule has 0 radical (unpaired) electrons. The van der Waals surface area contributed by atoms with Crippen LogP contribution in [0.15, 0.2) is 24.5 Å². The van der Waals surface area contributed by atoms with E-state index in [0.29, 0.717) is 21.3 Å². The predicted molar refractivity (Wildman–Crippen MR) is 97.7 cm³/mol. The Morgan fingerprint density at radius 2 is 2.23 bits per heavy atom. The van der Waals surface area contributed by atoms with E-state index in [4.69, 9.17) is 23.2 Å². The second-order valence-corrected chi connectivity index (χ2v) is 6.15. The highest BCUT2D eigenvalue weighted by molar-refractivity contribution is 6.45. The first-order chi connectivity index (χ1) is 12.6. The molecule has 0 saturated heterocycles. The van der Waals surface area contributed by atoms with E-state index in [0.717, 1.165) is 16.5 Å². The summed E-state index contributed by atoms with van der Waals surface area (Å²) in [4.78, 5) is 25.8. The van der Waals surface area contributed by atoms with E-state index in [1.54, 1.807) is 18.5 Å². The molecule has 0 aliphatic heterocycles. The molecule has 26 heavy (non-hydrogen) atoms. The van der Waals surface area contributed by atoms with Gasteiger partial charge in [-0.3, -0.25) is 20.0 Å². The van der Waals surface area contributed by atoms with E-state index in [1.807, 2.05) is 6.07 Å². The van der Waals surface area contributed by atoms with Gasteiger partial charge in [-0.15, -0.1) is 0 Å². The zero-order valence-electron chi connectivity index (χ0n) is 13.6. The van der Waals surface area contributed by atoms with E-state index in [1.165, 1.54) is 7.05 Å². The van der Waals surface area contributed by atoms with Crippen LogP contribution in [0.4, 0.5) is 0 Å². The van der Waals surface area contributed by atoms with Crippen LogP contribution in [0.5, 0.6) is 0 Å². The first-order valence-electron chi connectivity index (χ1n) is 7.58. The molecule has 1 unspecified atom stereocenters. The van der Waals surface area contributed by atoms with Crippen molar-refractivity contribution in [1.82, 2.24) is 25.8 Å². The van der Waals surface area contributed by atoms with Gasteiger partial charge in [-0.2, -0.15) is 5.10 Å². The Morgan fingerprint density at radius 3 is 2.88 bits per heavy atom. The number of aromatic amines is 2. The predicted octanol–water partition coefficient (Wildman–Crippen LogP) is 2.20. The number of amides is 1. The molecule has 0 bridgehead atoms. The third-order valence-electron chi connectivity index (χ3n) is 3.86. The fraction of sp³-hybridized carbons (Fsp3) is 0.188. The molecule has 1 aromatic carbocycles. The number of aromatic nitrogens is 3. The van der Waals surface area contributed by atoms with Crippen LogP contribution in [0.1, 0.15) is 5.69 Å². The number of hydrogen-bond donors (Lipinski definition) is 4. The zero-order valence-corrected chi connectivity index (χ0v) is 15.1. The van der Waals surface area contributed by atoms with Crippen LogP contribution in [0, 0.1) is 0 Å². The molecule has 0 aliphatic carbocycles. The molecule has 3 rings (SSSR count). The first-order valence-corrected chi connectivity index (χ1v) is 8.34. The summed E-state index contributed by atoms with van der Waals surface area (Å²) in [5.74, 6) is -0.486. The van der Waals surface area contributed by atoms with Crippen molar-refractivity contribution in [2.24, 2.45) is 0 Å². The number of likely N-dealkylation sites (N-methyl/N-ethyl adjacent to an activating group) is 1. The molecule has 0 fully saturated rings. The normalized spacial score (nSPS) is 12.1. The lowest BCUT2D eigenvalue weighted by Gasteiger charge is -2.14. The molecule has 10 heteroatoms. The largest absolute Gasteiger partial charge is 0.439 e. The molecule has 1 atom stereocenters. The van der Waals surface area contributed by atoms with Gasteiger partial charge in [0.25, 0.3) is 12.4 Å². The van der Waals surface area contributed by atoms with Crippen LogP contribution < -0.4 is 10.6 Å². The maximum atomic E-state index is 12.1. The van der Waals surface area contributed by atoms with Gasteiger partial charge < -0.3 is 15.0 Å². The van der Waals surface area contributed by atoms with Gasteiger partial charge in [-0.25, -0.2) is 0 Å². The lowest BCUT2D eigenvalue weighted by molar-refractivity contribution is -0.146. The van der Waals surface area contributed by atoms with Crippen molar-refractivity contribution in [3.8, 4) is 11.1 Å². The maximum absolute atomic E-state index is 12.1. The fourth-order valence-corrected chi connectivity index (χ4v) is 3.06. The molecular formula is C16H15Cl2N5O3. The number of carbonyl (C=O) groups is 2. The molecule has 0 spiro atoms. The van der Waals surface area contributed by atoms with E-state index >= 15 is 0 Å². The van der Waals surface area contributed by atoms with Crippen LogP contribution in [0.3, 0.4) is 0 Å². The van der Waals surface area contributed by atoms with E-state index in [9.17, 15) is 9.59 Å². The lowest BCUT2D eigenvalue weighted by atomic mass is 10.1. The number of rotatable bonds is 7. The van der Waals surface area contributed by atoms with Crippen LogP contribution in [-0.4, -0.2) is 40.8 Å². The number of benzene rings is 1. The quantitative estimate of drug-likeness (QED) is 0.361. The van der Waals surface area contributed by atoms with Crippen molar-refractivity contribution < 1.29 is 14.3 Å². The average Bonchev–Trinajstić information content (AvgIpc) is 3.28. The summed E-state index contributed by atoms with van der Waals surface area (Å²) in [6.45, 7) is 0.366. The summed E-state index contributed by atoms with van der Waals surface area (Å²) >= 11 is 12.4. The van der Waals surface area contributed by atoms with Gasteiger partial charge in [-0.1, -0.05) is 29.3 Å². The minimum Gasteiger partial charge on any atom is -0.439 e. The van der Waals surface area contributed by atoms with Gasteiger partial charge in [0.2, 0.25) is 6.23 Å². The van der Waals surface area contributed by atoms with Crippen molar-refractivity contribution in [3.63, 3.8) is 0 Å². The molecule has 0 aliphatic rings. The number of nitrogens with zero attached hydrogens (tertiary/aromatic N) is 1. The standard InChI is InChI=1S/C16H15Cl2N5O3/c1-19-16(26-7-24)15(25)20-6-11-12(8-4-21-22-5-8)9-2-3-10(17)13(18)14(9)23-11/h2-5,7,16,19,23H,6H2,1H3,(H,20,25)(H,21,22). The Kier molecular flexibility index (Phi) is 5.46. The highest BCUT2D eigenvalue weighted by Gasteiger charge is 2.20. The zero-order chi connectivity index (χ0) is 18.7. The highest BCUT2D eigenvalue weighted by atomic mass is 35.5. The number of ether oxygens (including phenoxy) is 1. The molecule has 0 saturated carbocycles. The summed E-state index contributed by atoms with van der Waals surface area (Å²) in [5.41, 5.74) is 3.03. The van der Waals surface area contributed by atoms with Gasteiger partial charge in [0.15, 0.2) is 0 Å². The summed E-state index contributed by atoms with van der Waals surface area (Å²) in [6.07, 6.45) is 2.33. The van der Waals surface area contributed by atoms with E-state index in [-0.39, 0.29) is 13.0 Å². The van der Waals surface area contributed by atoms with Gasteiger partial charge in [0, 0.05) is 28.4 Å². The second-order valence-electron chi connectivity index (χ2n) is 5.37. The Morgan fingerprint density at radius 1 is 1.42 bits per heavy atom. The van der Waals surface area contributed by atoms with Gasteiger partial charge in [-0.05, 0) is 13.1 Å². The Labute approximate surface area is 158 Å². The van der Waals surface area contributed by atoms with Crippen LogP contribution in [0.25, 0.3) is 22.0 Å². The molecule has 3 aromatic rings. The van der Waals surface area contributed by atoms with Crippen LogP contribution >= 0.6 is 23.2 Å². The third kappa shape index (κ3) is 3.39. The van der Waals surface area contributed by atoms with Gasteiger partial charge in [0.1, 0.15) is 0 Å². The number of hydrogen-bond acceptors (Lipinski definition) is 5. The molecule has 2 heterocycles. The summed E-state index contributed by atoms with van der Waals surface area (Å²) < 4.78 is 4.67. The topological polar surface area (TPSA) is 112 Å². The minimum atomic E-state index is -1.08. The van der Waals surface area contributed by atoms with Crippen molar-refractivity contribution in [2.45, 2.75) is 12.8 Å². The molecule has 2 aromatic heterocycles. The summed E-state index contributed by atoms with van der Waals surface area (Å²) in [7, 11) is 1.51. The van der Waals surface area contributed by atoms with E-state index in [2.05, 4.69) is 30.6 Å². The maximum Gasteiger partial charge on any atom is 0.295 e. The monoisotopic (exact) mass is 395 g/mol. The Balaban J connectivity index is 1.97. The smallest absolute Gasteiger partial charge is 0.295 e. The SMILES string of the molecule is CNC(OC=O)C(=O)NCc1[nH]c2c(Cl)c(Cl)ccc2c1-c1cn[nH]c1. The summed E-state index contributed by atoms with van der Waals surface area (Å²) in [6, 6.07) is 3.56. The fourth-order valence-electron chi connectivity index (χ4n) is 2.69. The Hall–Kier alpha value is -2.55. The van der Waals surface area contributed by atoms with Crippen molar-refractivity contribution in [3.05, 3.63) is 40.3 Å². The summed E-state index contributed by atoms with van der Waals surface area (Å²) in [5, 5.41) is 13.7. The van der Waals surface area contributed by atoms with Crippen molar-refractivity contribution in [1.29, 1.82) is 0 Å². The lowest BCUT2D eigenvalue weighted by Crippen LogP contribution is -2.44. The number of fused-ring (bicyclic) bond motifs is 1. The molecule has 4 N–H and O–H groups in total. The molecular weight excluding hydrogens is 381 g/mol. The van der Waals surface area contributed by atoms with Crippen molar-refractivity contribution in [2.75, 3.05) is 7.05 Å². The highest BCUT2D eigenvalue weighted by Crippen LogP contribution is 2.38. The first kappa shape index (κ1) is 18.2. The number of nitrogens with one attached hydrogen (secondary N) is 4. The number of H-pyrrole nitrogens is 2. The van der Waals surface area contributed by atoms with Crippen LogP contribution in [-0.2, 0) is 20.9 Å². The third-order valence-corrected chi connectivity index (χ3v) is 4.66. The average molecular weight is 396 g/mol. The van der Waals surface area contributed by atoms with Crippen molar-refractivity contribution >= 4 is 46.5 Å². The van der Waals surface area contributed by atoms with E-state index < -0.39 is 12.1 Å². The molecule has 1 amide bonds. The Bertz CT molecular complexity index is 939. The molecule has 136 valence electrons. The van der Waals surface area contributed by atoms with Crippen LogP contribution in [0.2, 0.25) is 10.0 Å².